The molecule has 72 valence electrons. The van der Waals surface area contributed by atoms with Crippen LogP contribution in [-0.2, 0) is 9.59 Å². The molecule has 0 aromatic heterocycles. The largest absolute Gasteiger partial charge is 0.481 e. The molecule has 2 N–H and O–H groups in total. The van der Waals surface area contributed by atoms with E-state index < -0.39 is 18.4 Å². The van der Waals surface area contributed by atoms with Crippen molar-refractivity contribution in [3.05, 3.63) is 10.4 Å². The molecule has 0 atom stereocenters. The molecule has 0 unspecified atom stereocenters. The van der Waals surface area contributed by atoms with Gasteiger partial charge in [0.2, 0.25) is 0 Å². The summed E-state index contributed by atoms with van der Waals surface area (Å²) >= 11 is 0. The molecule has 0 radical (unpaired) electrons. The summed E-state index contributed by atoms with van der Waals surface area (Å²) in [4.78, 5) is 21.5. The summed E-state index contributed by atoms with van der Waals surface area (Å²) in [7, 11) is 0. The molecular weight excluding hydrogens is 178 g/mol. The van der Waals surface area contributed by atoms with Gasteiger partial charge >= 0.3 is 11.9 Å². The van der Waals surface area contributed by atoms with Crippen molar-refractivity contribution in [1.82, 2.24) is 0 Å². The molecule has 13 heavy (non-hydrogen) atoms. The Morgan fingerprint density at radius 3 is 1.92 bits per heavy atom. The average Bonchev–Trinajstić information content (AvgIpc) is 2.69. The van der Waals surface area contributed by atoms with Gasteiger partial charge in [-0.1, -0.05) is 5.11 Å². The number of carbonyl (C=O) groups is 2. The Morgan fingerprint density at radius 1 is 1.38 bits per heavy atom. The average molecular weight is 187 g/mol. The first-order chi connectivity index (χ1) is 6.06. The Hall–Kier alpha value is -1.75. The molecule has 1 fully saturated rings. The standard InChI is InChI=1S/C3H5N3.C3H4O4/c4-6-5-3-1-2-3;4-2(5)1-3(6)7/h3H,1-2H2;1H2,(H,4,5)(H,6,7). The number of carboxylic acid groups (broad SMARTS) is 2. The van der Waals surface area contributed by atoms with Crippen molar-refractivity contribution in [2.24, 2.45) is 5.11 Å². The molecule has 1 saturated carbocycles. The zero-order valence-electron chi connectivity index (χ0n) is 6.75. The van der Waals surface area contributed by atoms with E-state index in [1.54, 1.807) is 0 Å². The molecule has 1 aliphatic carbocycles. The van der Waals surface area contributed by atoms with E-state index in [4.69, 9.17) is 15.7 Å². The fourth-order valence-electron chi connectivity index (χ4n) is 0.392. The second-order valence-corrected chi connectivity index (χ2v) is 2.40. The Bertz CT molecular complexity index is 230. The van der Waals surface area contributed by atoms with Crippen LogP contribution in [0.3, 0.4) is 0 Å². The molecule has 0 saturated heterocycles. The van der Waals surface area contributed by atoms with Crippen molar-refractivity contribution in [2.75, 3.05) is 0 Å². The summed E-state index contributed by atoms with van der Waals surface area (Å²) < 4.78 is 0. The molecule has 0 spiro atoms. The van der Waals surface area contributed by atoms with E-state index in [0.717, 1.165) is 12.8 Å². The van der Waals surface area contributed by atoms with Gasteiger partial charge in [-0.25, -0.2) is 0 Å². The summed E-state index contributed by atoms with van der Waals surface area (Å²) in [5.41, 5.74) is 7.74. The van der Waals surface area contributed by atoms with Crippen molar-refractivity contribution in [3.8, 4) is 0 Å². The van der Waals surface area contributed by atoms with Crippen LogP contribution in [0.1, 0.15) is 19.3 Å². The fraction of sp³-hybridized carbons (Fsp3) is 0.667. The number of hydrogen-bond acceptors (Lipinski definition) is 3. The SMILES string of the molecule is O=C(O)CC(=O)O.[N-]=[N+]=NC1CC1. The minimum absolute atomic E-state index is 0.356. The van der Waals surface area contributed by atoms with Gasteiger partial charge in [0.25, 0.3) is 0 Å². The van der Waals surface area contributed by atoms with Crippen LogP contribution in [0.25, 0.3) is 10.4 Å². The van der Waals surface area contributed by atoms with Crippen molar-refractivity contribution in [3.63, 3.8) is 0 Å². The Labute approximate surface area is 73.6 Å². The van der Waals surface area contributed by atoms with Crippen LogP contribution in [0.2, 0.25) is 0 Å². The monoisotopic (exact) mass is 187 g/mol. The van der Waals surface area contributed by atoms with Crippen molar-refractivity contribution in [2.45, 2.75) is 25.3 Å². The lowest BCUT2D eigenvalue weighted by atomic mass is 10.5. The van der Waals surface area contributed by atoms with E-state index >= 15 is 0 Å². The Balaban J connectivity index is 0.000000223. The molecule has 7 heteroatoms. The third-order valence-electron chi connectivity index (χ3n) is 1.06. The van der Waals surface area contributed by atoms with Crippen LogP contribution in [0, 0.1) is 0 Å². The summed E-state index contributed by atoms with van der Waals surface area (Å²) in [5, 5.41) is 18.8. The maximum Gasteiger partial charge on any atom is 0.314 e. The third kappa shape index (κ3) is 10.2. The van der Waals surface area contributed by atoms with Crippen LogP contribution in [0.15, 0.2) is 5.11 Å². The van der Waals surface area contributed by atoms with Crippen LogP contribution in [0.5, 0.6) is 0 Å². The minimum Gasteiger partial charge on any atom is -0.481 e. The number of rotatable bonds is 3. The zero-order chi connectivity index (χ0) is 10.3. The zero-order valence-corrected chi connectivity index (χ0v) is 6.75. The number of hydrogen-bond donors (Lipinski definition) is 2. The van der Waals surface area contributed by atoms with Crippen LogP contribution < -0.4 is 0 Å². The van der Waals surface area contributed by atoms with Gasteiger partial charge in [-0.3, -0.25) is 9.59 Å². The summed E-state index contributed by atoms with van der Waals surface area (Å²) in [6.45, 7) is 0. The van der Waals surface area contributed by atoms with Gasteiger partial charge in [0.15, 0.2) is 0 Å². The van der Waals surface area contributed by atoms with Crippen LogP contribution >= 0.6 is 0 Å². The summed E-state index contributed by atoms with van der Waals surface area (Å²) in [6, 6.07) is 0.356. The second kappa shape index (κ2) is 5.84. The lowest BCUT2D eigenvalue weighted by molar-refractivity contribution is -0.147. The highest BCUT2D eigenvalue weighted by molar-refractivity contribution is 5.88. The molecule has 0 heterocycles. The molecule has 0 aromatic carbocycles. The smallest absolute Gasteiger partial charge is 0.314 e. The van der Waals surface area contributed by atoms with E-state index in [9.17, 15) is 9.59 Å². The molecule has 0 aliphatic heterocycles. The molecule has 7 nitrogen and oxygen atoms in total. The lowest BCUT2D eigenvalue weighted by Crippen LogP contribution is -2.03. The molecular formula is C6H9N3O4. The van der Waals surface area contributed by atoms with Gasteiger partial charge in [-0.05, 0) is 18.4 Å². The van der Waals surface area contributed by atoms with Crippen LogP contribution in [-0.4, -0.2) is 28.2 Å². The van der Waals surface area contributed by atoms with Gasteiger partial charge in [-0.15, -0.1) is 0 Å². The number of azide groups is 1. The topological polar surface area (TPSA) is 123 Å². The Kier molecular flexibility index (Phi) is 5.06. The molecule has 1 rings (SSSR count). The minimum atomic E-state index is -1.31. The fourth-order valence-corrected chi connectivity index (χ4v) is 0.392. The second-order valence-electron chi connectivity index (χ2n) is 2.40. The summed E-state index contributed by atoms with van der Waals surface area (Å²) in [6.07, 6.45) is 1.40. The number of aliphatic carboxylic acids is 2. The molecule has 1 aliphatic rings. The van der Waals surface area contributed by atoms with Gasteiger partial charge < -0.3 is 10.2 Å². The predicted molar refractivity (Wildman–Crippen MR) is 42.1 cm³/mol. The lowest BCUT2D eigenvalue weighted by Gasteiger charge is -1.80. The number of nitrogens with zero attached hydrogens (tertiary/aromatic N) is 3. The first kappa shape index (κ1) is 11.2. The van der Waals surface area contributed by atoms with Crippen LogP contribution in [0.4, 0.5) is 0 Å². The molecule has 0 amide bonds. The Morgan fingerprint density at radius 2 is 1.85 bits per heavy atom. The maximum absolute atomic E-state index is 9.43. The first-order valence-corrected chi connectivity index (χ1v) is 3.54. The quantitative estimate of drug-likeness (QED) is 0.296. The van der Waals surface area contributed by atoms with Crippen molar-refractivity contribution in [1.29, 1.82) is 0 Å². The highest BCUT2D eigenvalue weighted by atomic mass is 16.4. The van der Waals surface area contributed by atoms with Gasteiger partial charge in [0.05, 0.1) is 0 Å². The van der Waals surface area contributed by atoms with E-state index in [2.05, 4.69) is 10.0 Å². The van der Waals surface area contributed by atoms with E-state index in [0.29, 0.717) is 6.04 Å². The van der Waals surface area contributed by atoms with Crippen molar-refractivity contribution < 1.29 is 19.8 Å². The molecule has 0 aromatic rings. The predicted octanol–water partition coefficient (Wildman–Crippen LogP) is 1.00. The highest BCUT2D eigenvalue weighted by Crippen LogP contribution is 2.22. The molecule has 0 bridgehead atoms. The number of carboxylic acids is 2. The van der Waals surface area contributed by atoms with Gasteiger partial charge in [-0.2, -0.15) is 0 Å². The normalized spacial score (nSPS) is 13.2. The van der Waals surface area contributed by atoms with Crippen molar-refractivity contribution >= 4 is 11.9 Å². The third-order valence-corrected chi connectivity index (χ3v) is 1.06. The van der Waals surface area contributed by atoms with Gasteiger partial charge in [0, 0.05) is 11.0 Å². The van der Waals surface area contributed by atoms with E-state index in [1.807, 2.05) is 0 Å². The van der Waals surface area contributed by atoms with Gasteiger partial charge in [0.1, 0.15) is 6.42 Å². The summed E-state index contributed by atoms with van der Waals surface area (Å²) in [5.74, 6) is -2.62. The van der Waals surface area contributed by atoms with E-state index in [1.165, 1.54) is 0 Å². The first-order valence-electron chi connectivity index (χ1n) is 3.54. The highest BCUT2D eigenvalue weighted by Gasteiger charge is 2.18. The van der Waals surface area contributed by atoms with E-state index in [-0.39, 0.29) is 0 Å². The maximum atomic E-state index is 9.43.